The fraction of sp³-hybridized carbons (Fsp3) is 0.500. The Labute approximate surface area is 162 Å². The molecule has 0 N–H and O–H groups in total. The zero-order valence-electron chi connectivity index (χ0n) is 14.7. The van der Waals surface area contributed by atoms with Gasteiger partial charge < -0.3 is 28.3 Å². The fourth-order valence-electron chi connectivity index (χ4n) is 2.32. The molecule has 2 aliphatic rings. The van der Waals surface area contributed by atoms with Crippen molar-refractivity contribution in [3.8, 4) is 23.0 Å². The van der Waals surface area contributed by atoms with Gasteiger partial charge in [0.15, 0.2) is 29.1 Å². The molecule has 4 rings (SSSR count). The summed E-state index contributed by atoms with van der Waals surface area (Å²) >= 11 is 3.16. The van der Waals surface area contributed by atoms with Crippen LogP contribution in [-0.2, 0) is 9.31 Å². The quantitative estimate of drug-likeness (QED) is 0.727. The Morgan fingerprint density at radius 2 is 1.46 bits per heavy atom. The predicted molar refractivity (Wildman–Crippen MR) is 104 cm³/mol. The van der Waals surface area contributed by atoms with Crippen LogP contribution in [0.15, 0.2) is 21.5 Å². The molecule has 0 aromatic carbocycles. The van der Waals surface area contributed by atoms with Crippen LogP contribution in [0, 0.1) is 0 Å². The van der Waals surface area contributed by atoms with Gasteiger partial charge in [-0.05, 0) is 0 Å². The van der Waals surface area contributed by atoms with Gasteiger partial charge in [0.05, 0.1) is 6.61 Å². The SMILES string of the molecule is C[B]OC1COc2cscc2OC1.C[B]OCC1COc2cscc2O1. The van der Waals surface area contributed by atoms with Crippen molar-refractivity contribution in [1.29, 1.82) is 0 Å². The van der Waals surface area contributed by atoms with E-state index in [0.717, 1.165) is 23.0 Å². The van der Waals surface area contributed by atoms with Crippen molar-refractivity contribution in [3.05, 3.63) is 21.5 Å². The van der Waals surface area contributed by atoms with Crippen molar-refractivity contribution in [2.75, 3.05) is 26.4 Å². The van der Waals surface area contributed by atoms with Gasteiger partial charge in [-0.1, -0.05) is 13.6 Å². The minimum Gasteiger partial charge on any atom is -0.486 e. The lowest BCUT2D eigenvalue weighted by atomic mass is 10.1. The smallest absolute Gasteiger partial charge is 0.289 e. The lowest BCUT2D eigenvalue weighted by Gasteiger charge is -2.24. The van der Waals surface area contributed by atoms with Crippen LogP contribution < -0.4 is 18.9 Å². The molecule has 138 valence electrons. The molecule has 26 heavy (non-hydrogen) atoms. The molecule has 0 amide bonds. The molecule has 2 radical (unpaired) electrons. The largest absolute Gasteiger partial charge is 0.486 e. The Hall–Kier alpha value is -1.35. The molecule has 0 saturated carbocycles. The zero-order chi connectivity index (χ0) is 18.2. The number of rotatable bonds is 5. The van der Waals surface area contributed by atoms with Gasteiger partial charge in [-0.15, -0.1) is 22.7 Å². The second kappa shape index (κ2) is 10.1. The Balaban J connectivity index is 0.000000151. The van der Waals surface area contributed by atoms with Gasteiger partial charge in [0.2, 0.25) is 0 Å². The molecule has 2 aromatic heterocycles. The van der Waals surface area contributed by atoms with E-state index >= 15 is 0 Å². The van der Waals surface area contributed by atoms with Gasteiger partial charge in [0.25, 0.3) is 15.0 Å². The first-order valence-corrected chi connectivity index (χ1v) is 10.2. The summed E-state index contributed by atoms with van der Waals surface area (Å²) in [6.07, 6.45) is 0.0145. The minimum atomic E-state index is 0.00222. The lowest BCUT2D eigenvalue weighted by molar-refractivity contribution is 0.0560. The average molecular weight is 394 g/mol. The number of hydrogen-bond donors (Lipinski definition) is 0. The highest BCUT2D eigenvalue weighted by molar-refractivity contribution is 7.08. The van der Waals surface area contributed by atoms with E-state index < -0.39 is 0 Å². The first kappa shape index (κ1) is 19.4. The molecule has 0 saturated heterocycles. The summed E-state index contributed by atoms with van der Waals surface area (Å²) in [5.41, 5.74) is 0. The van der Waals surface area contributed by atoms with E-state index in [0.29, 0.717) is 26.4 Å². The minimum absolute atomic E-state index is 0.00222. The van der Waals surface area contributed by atoms with Crippen LogP contribution in [0.4, 0.5) is 0 Å². The highest BCUT2D eigenvalue weighted by Crippen LogP contribution is 2.35. The summed E-state index contributed by atoms with van der Waals surface area (Å²) in [5, 5.41) is 7.76. The molecule has 1 unspecified atom stereocenters. The summed E-state index contributed by atoms with van der Waals surface area (Å²) in [6.45, 7) is 5.91. The summed E-state index contributed by atoms with van der Waals surface area (Å²) in [5.74, 6) is 3.34. The maximum absolute atomic E-state index is 5.61. The van der Waals surface area contributed by atoms with Crippen molar-refractivity contribution in [3.63, 3.8) is 0 Å². The molecular formula is C16H20B2O6S2. The molecule has 2 aromatic rings. The van der Waals surface area contributed by atoms with Crippen molar-refractivity contribution in [2.45, 2.75) is 25.9 Å². The molecule has 0 bridgehead atoms. The normalized spacial score (nSPS) is 18.3. The maximum Gasteiger partial charge on any atom is 0.289 e. The van der Waals surface area contributed by atoms with Gasteiger partial charge in [0, 0.05) is 21.5 Å². The van der Waals surface area contributed by atoms with Gasteiger partial charge >= 0.3 is 0 Å². The van der Waals surface area contributed by atoms with Crippen LogP contribution >= 0.6 is 22.7 Å². The molecule has 2 aliphatic heterocycles. The third-order valence-corrected chi connectivity index (χ3v) is 4.93. The van der Waals surface area contributed by atoms with Crippen LogP contribution in [0.2, 0.25) is 13.6 Å². The first-order valence-electron chi connectivity index (χ1n) is 8.30. The van der Waals surface area contributed by atoms with Crippen LogP contribution in [0.5, 0.6) is 23.0 Å². The van der Waals surface area contributed by atoms with Gasteiger partial charge in [-0.3, -0.25) is 0 Å². The van der Waals surface area contributed by atoms with Crippen molar-refractivity contribution in [2.24, 2.45) is 0 Å². The fourth-order valence-corrected chi connectivity index (χ4v) is 3.67. The molecular weight excluding hydrogens is 374 g/mol. The Kier molecular flexibility index (Phi) is 7.55. The summed E-state index contributed by atoms with van der Waals surface area (Å²) in [7, 11) is 3.32. The predicted octanol–water partition coefficient (Wildman–Crippen LogP) is 3.14. The van der Waals surface area contributed by atoms with Crippen molar-refractivity contribution in [1.82, 2.24) is 0 Å². The third kappa shape index (κ3) is 5.33. The monoisotopic (exact) mass is 394 g/mol. The second-order valence-corrected chi connectivity index (χ2v) is 6.92. The first-order chi connectivity index (χ1) is 12.8. The number of hydrogen-bond acceptors (Lipinski definition) is 8. The summed E-state index contributed by atoms with van der Waals surface area (Å²) in [6, 6.07) is 0. The third-order valence-electron chi connectivity index (χ3n) is 3.53. The Morgan fingerprint density at radius 1 is 0.885 bits per heavy atom. The van der Waals surface area contributed by atoms with E-state index in [9.17, 15) is 0 Å². The number of fused-ring (bicyclic) bond motifs is 2. The second-order valence-electron chi connectivity index (χ2n) is 5.44. The lowest BCUT2D eigenvalue weighted by Crippen LogP contribution is -2.33. The van der Waals surface area contributed by atoms with Crippen molar-refractivity contribution < 1.29 is 28.3 Å². The van der Waals surface area contributed by atoms with Gasteiger partial charge in [-0.2, -0.15) is 0 Å². The topological polar surface area (TPSA) is 55.4 Å². The Morgan fingerprint density at radius 3 is 2.08 bits per heavy atom. The van der Waals surface area contributed by atoms with E-state index in [4.69, 9.17) is 28.3 Å². The molecule has 4 heterocycles. The zero-order valence-corrected chi connectivity index (χ0v) is 16.3. The molecule has 1 atom stereocenters. The highest BCUT2D eigenvalue weighted by Gasteiger charge is 2.21. The molecule has 0 fully saturated rings. The molecule has 10 heteroatoms. The average Bonchev–Trinajstić information content (AvgIpc) is 3.27. The van der Waals surface area contributed by atoms with E-state index in [-0.39, 0.29) is 12.2 Å². The van der Waals surface area contributed by atoms with E-state index in [1.54, 1.807) is 37.6 Å². The number of ether oxygens (including phenoxy) is 4. The summed E-state index contributed by atoms with van der Waals surface area (Å²) in [4.78, 5) is 0. The van der Waals surface area contributed by atoms with Gasteiger partial charge in [0.1, 0.15) is 25.9 Å². The summed E-state index contributed by atoms with van der Waals surface area (Å²) < 4.78 is 32.5. The van der Waals surface area contributed by atoms with E-state index in [2.05, 4.69) is 0 Å². The maximum atomic E-state index is 5.61. The van der Waals surface area contributed by atoms with E-state index in [1.165, 1.54) is 0 Å². The standard InChI is InChI=1S/2C8H10BO3S/c1-9-11-3-6-2-10-7-4-13-5-8(7)12-6;1-9-12-6-2-10-7-4-13-5-8(7)11-3-6/h2*4-6H,2-3H2,1H3. The molecule has 0 spiro atoms. The number of thiophene rings is 2. The van der Waals surface area contributed by atoms with E-state index in [1.807, 2.05) is 35.2 Å². The molecule has 0 aliphatic carbocycles. The van der Waals surface area contributed by atoms with Crippen LogP contribution in [-0.4, -0.2) is 53.6 Å². The van der Waals surface area contributed by atoms with Crippen LogP contribution in [0.1, 0.15) is 0 Å². The van der Waals surface area contributed by atoms with Gasteiger partial charge in [-0.25, -0.2) is 0 Å². The van der Waals surface area contributed by atoms with Crippen molar-refractivity contribution >= 4 is 37.6 Å². The van der Waals surface area contributed by atoms with Crippen LogP contribution in [0.3, 0.4) is 0 Å². The molecule has 6 nitrogen and oxygen atoms in total. The Bertz CT molecular complexity index is 634. The van der Waals surface area contributed by atoms with Crippen LogP contribution in [0.25, 0.3) is 0 Å². The highest BCUT2D eigenvalue weighted by atomic mass is 32.1.